The minimum atomic E-state index is -0.218. The molecule has 1 fully saturated rings. The Kier molecular flexibility index (Phi) is 6.80. The van der Waals surface area contributed by atoms with Crippen LogP contribution in [0.4, 0.5) is 5.69 Å². The molecule has 1 amide bonds. The molecule has 166 valence electrons. The van der Waals surface area contributed by atoms with E-state index < -0.39 is 0 Å². The number of halogens is 1. The second-order valence-electron chi connectivity index (χ2n) is 8.62. The molecular formula is C24H31ClN4O2. The largest absolute Gasteiger partial charge is 0.368 e. The van der Waals surface area contributed by atoms with Crippen LogP contribution in [0.2, 0.25) is 5.02 Å². The second-order valence-corrected chi connectivity index (χ2v) is 9.06. The van der Waals surface area contributed by atoms with E-state index in [1.807, 2.05) is 35.4 Å². The number of nitrogens with zero attached hydrogens (tertiary/aromatic N) is 3. The van der Waals surface area contributed by atoms with Crippen molar-refractivity contribution in [3.8, 4) is 0 Å². The van der Waals surface area contributed by atoms with Gasteiger partial charge in [0.25, 0.3) is 0 Å². The van der Waals surface area contributed by atoms with Crippen LogP contribution >= 0.6 is 11.6 Å². The standard InChI is InChI=1S/C24H31ClN4O2/c1-16(2)27-14-20(18-4-6-19(25)7-5-18)24(30)29-12-10-28(11-13-29)22-8-9-26-21-15-31-17(3)23(21)22/h4-9,16-17,20,27H,10-15H2,1-3H3/t17-,20+/m1/s1. The molecule has 0 aliphatic carbocycles. The van der Waals surface area contributed by atoms with Gasteiger partial charge in [0.2, 0.25) is 5.91 Å². The lowest BCUT2D eigenvalue weighted by Gasteiger charge is -2.38. The quantitative estimate of drug-likeness (QED) is 0.738. The van der Waals surface area contributed by atoms with Crippen LogP contribution in [0.3, 0.4) is 0 Å². The van der Waals surface area contributed by atoms with Gasteiger partial charge in [0, 0.05) is 61.2 Å². The molecule has 0 bridgehead atoms. The lowest BCUT2D eigenvalue weighted by atomic mass is 9.96. The number of hydrogen-bond donors (Lipinski definition) is 1. The van der Waals surface area contributed by atoms with Gasteiger partial charge in [0.15, 0.2) is 0 Å². The number of benzene rings is 1. The molecule has 6 nitrogen and oxygen atoms in total. The molecule has 2 aromatic rings. The SMILES string of the molecule is CC(C)NC[C@H](C(=O)N1CCN(c2ccnc3c2[C@@H](C)OC3)CC1)c1ccc(Cl)cc1. The summed E-state index contributed by atoms with van der Waals surface area (Å²) in [6.07, 6.45) is 1.93. The first-order valence-electron chi connectivity index (χ1n) is 11.1. The number of fused-ring (bicyclic) bond motifs is 1. The van der Waals surface area contributed by atoms with E-state index in [0.29, 0.717) is 37.3 Å². The molecule has 2 aliphatic heterocycles. The van der Waals surface area contributed by atoms with Crippen molar-refractivity contribution in [3.05, 3.63) is 58.4 Å². The van der Waals surface area contributed by atoms with E-state index in [4.69, 9.17) is 16.3 Å². The maximum Gasteiger partial charge on any atom is 0.231 e. The molecule has 7 heteroatoms. The fraction of sp³-hybridized carbons (Fsp3) is 0.500. The van der Waals surface area contributed by atoms with Crippen molar-refractivity contribution in [3.63, 3.8) is 0 Å². The highest BCUT2D eigenvalue weighted by atomic mass is 35.5. The van der Waals surface area contributed by atoms with E-state index in [2.05, 4.69) is 42.0 Å². The zero-order chi connectivity index (χ0) is 22.0. The summed E-state index contributed by atoms with van der Waals surface area (Å²) in [5.41, 5.74) is 4.43. The van der Waals surface area contributed by atoms with Gasteiger partial charge in [-0.2, -0.15) is 0 Å². The Hall–Kier alpha value is -2.15. The van der Waals surface area contributed by atoms with Crippen LogP contribution in [0.5, 0.6) is 0 Å². The Morgan fingerprint density at radius 3 is 2.58 bits per heavy atom. The van der Waals surface area contributed by atoms with Gasteiger partial charge in [0.05, 0.1) is 24.3 Å². The van der Waals surface area contributed by atoms with Crippen LogP contribution in [0.1, 0.15) is 49.6 Å². The number of anilines is 1. The third kappa shape index (κ3) is 4.86. The van der Waals surface area contributed by atoms with Crippen molar-refractivity contribution in [2.45, 2.75) is 45.4 Å². The minimum absolute atomic E-state index is 0.0646. The number of rotatable bonds is 6. The number of hydrogen-bond acceptors (Lipinski definition) is 5. The molecule has 1 aromatic carbocycles. The van der Waals surface area contributed by atoms with E-state index in [1.165, 1.54) is 11.3 Å². The van der Waals surface area contributed by atoms with Crippen molar-refractivity contribution in [1.29, 1.82) is 0 Å². The topological polar surface area (TPSA) is 57.7 Å². The number of carbonyl (C=O) groups excluding carboxylic acids is 1. The van der Waals surface area contributed by atoms with Gasteiger partial charge in [0.1, 0.15) is 0 Å². The number of aromatic nitrogens is 1. The number of pyridine rings is 1. The predicted molar refractivity (Wildman–Crippen MR) is 124 cm³/mol. The fourth-order valence-corrected chi connectivity index (χ4v) is 4.54. The normalized spacial score (nSPS) is 19.6. The maximum absolute atomic E-state index is 13.5. The fourth-order valence-electron chi connectivity index (χ4n) is 4.41. The first-order valence-corrected chi connectivity index (χ1v) is 11.4. The summed E-state index contributed by atoms with van der Waals surface area (Å²) in [6.45, 7) is 10.5. The van der Waals surface area contributed by atoms with E-state index in [-0.39, 0.29) is 17.9 Å². The Labute approximate surface area is 189 Å². The van der Waals surface area contributed by atoms with Crippen molar-refractivity contribution in [1.82, 2.24) is 15.2 Å². The Balaban J connectivity index is 1.46. The first-order chi connectivity index (χ1) is 14.9. The molecule has 2 atom stereocenters. The zero-order valence-corrected chi connectivity index (χ0v) is 19.2. The molecule has 1 aromatic heterocycles. The van der Waals surface area contributed by atoms with Crippen LogP contribution in [0.15, 0.2) is 36.5 Å². The van der Waals surface area contributed by atoms with Crippen LogP contribution < -0.4 is 10.2 Å². The molecule has 2 aliphatic rings. The summed E-state index contributed by atoms with van der Waals surface area (Å²) >= 11 is 6.07. The average molecular weight is 443 g/mol. The molecular weight excluding hydrogens is 412 g/mol. The Bertz CT molecular complexity index is 910. The lowest BCUT2D eigenvalue weighted by Crippen LogP contribution is -2.51. The van der Waals surface area contributed by atoms with Gasteiger partial charge in [-0.05, 0) is 30.7 Å². The van der Waals surface area contributed by atoms with Crippen LogP contribution in [0.25, 0.3) is 0 Å². The van der Waals surface area contributed by atoms with Crippen LogP contribution in [-0.2, 0) is 16.1 Å². The Morgan fingerprint density at radius 2 is 1.90 bits per heavy atom. The zero-order valence-electron chi connectivity index (χ0n) is 18.5. The van der Waals surface area contributed by atoms with Gasteiger partial charge in [-0.25, -0.2) is 0 Å². The molecule has 3 heterocycles. The van der Waals surface area contributed by atoms with Crippen molar-refractivity contribution >= 4 is 23.2 Å². The summed E-state index contributed by atoms with van der Waals surface area (Å²) < 4.78 is 5.78. The minimum Gasteiger partial charge on any atom is -0.368 e. The van der Waals surface area contributed by atoms with E-state index in [1.54, 1.807) is 0 Å². The molecule has 4 rings (SSSR count). The summed E-state index contributed by atoms with van der Waals surface area (Å²) in [4.78, 5) is 22.3. The monoisotopic (exact) mass is 442 g/mol. The number of ether oxygens (including phenoxy) is 1. The van der Waals surface area contributed by atoms with E-state index >= 15 is 0 Å². The summed E-state index contributed by atoms with van der Waals surface area (Å²) in [5, 5.41) is 4.12. The third-order valence-electron chi connectivity index (χ3n) is 6.16. The van der Waals surface area contributed by atoms with Crippen molar-refractivity contribution in [2.75, 3.05) is 37.6 Å². The van der Waals surface area contributed by atoms with Crippen LogP contribution in [-0.4, -0.2) is 54.6 Å². The highest BCUT2D eigenvalue weighted by Crippen LogP contribution is 2.36. The molecule has 1 saturated heterocycles. The van der Waals surface area contributed by atoms with Gasteiger partial charge in [-0.15, -0.1) is 0 Å². The molecule has 0 saturated carbocycles. The third-order valence-corrected chi connectivity index (χ3v) is 6.41. The lowest BCUT2D eigenvalue weighted by molar-refractivity contribution is -0.133. The van der Waals surface area contributed by atoms with Crippen molar-refractivity contribution in [2.24, 2.45) is 0 Å². The van der Waals surface area contributed by atoms with Gasteiger partial charge in [-0.3, -0.25) is 9.78 Å². The van der Waals surface area contributed by atoms with Gasteiger partial charge >= 0.3 is 0 Å². The maximum atomic E-state index is 13.5. The van der Waals surface area contributed by atoms with Gasteiger partial charge < -0.3 is 19.9 Å². The highest BCUT2D eigenvalue weighted by Gasteiger charge is 2.31. The smallest absolute Gasteiger partial charge is 0.231 e. The molecule has 0 radical (unpaired) electrons. The van der Waals surface area contributed by atoms with E-state index in [0.717, 1.165) is 24.3 Å². The number of carbonyl (C=O) groups is 1. The van der Waals surface area contributed by atoms with Crippen molar-refractivity contribution < 1.29 is 9.53 Å². The summed E-state index contributed by atoms with van der Waals surface area (Å²) in [7, 11) is 0. The molecule has 0 unspecified atom stereocenters. The second kappa shape index (κ2) is 9.55. The molecule has 31 heavy (non-hydrogen) atoms. The highest BCUT2D eigenvalue weighted by molar-refractivity contribution is 6.30. The Morgan fingerprint density at radius 1 is 1.19 bits per heavy atom. The average Bonchev–Trinajstić information content (AvgIpc) is 3.16. The predicted octanol–water partition coefficient (Wildman–Crippen LogP) is 3.76. The first kappa shape index (κ1) is 22.1. The summed E-state index contributed by atoms with van der Waals surface area (Å²) in [5.74, 6) is -0.0448. The van der Waals surface area contributed by atoms with Crippen LogP contribution in [0, 0.1) is 0 Å². The number of nitrogens with one attached hydrogen (secondary N) is 1. The number of piperazine rings is 1. The van der Waals surface area contributed by atoms with E-state index in [9.17, 15) is 4.79 Å². The summed E-state index contributed by atoms with van der Waals surface area (Å²) in [6, 6.07) is 10.0. The molecule has 1 N–H and O–H groups in total. The molecule has 0 spiro atoms. The number of amides is 1. The van der Waals surface area contributed by atoms with Gasteiger partial charge in [-0.1, -0.05) is 37.6 Å².